The van der Waals surface area contributed by atoms with Crippen LogP contribution in [0.1, 0.15) is 418 Å². The Hall–Kier alpha value is -1.14. The van der Waals surface area contributed by atoms with Gasteiger partial charge in [-0.05, 0) is 25.7 Å². The molecule has 0 bridgehead atoms. The van der Waals surface area contributed by atoms with Crippen LogP contribution in [0, 0.1) is 0 Å². The summed E-state index contributed by atoms with van der Waals surface area (Å²) < 4.78 is 5.49. The zero-order valence-corrected chi connectivity index (χ0v) is 52.7. The summed E-state index contributed by atoms with van der Waals surface area (Å²) in [5.41, 5.74) is 0. The highest BCUT2D eigenvalue weighted by Gasteiger charge is 2.20. The minimum atomic E-state index is -0.660. The van der Waals surface area contributed by atoms with Gasteiger partial charge in [-0.3, -0.25) is 9.59 Å². The molecule has 0 aromatic rings. The molecule has 2 unspecified atom stereocenters. The molecule has 3 N–H and O–H groups in total. The lowest BCUT2D eigenvalue weighted by Crippen LogP contribution is -2.45. The van der Waals surface area contributed by atoms with Crippen LogP contribution in [-0.2, 0) is 14.3 Å². The lowest BCUT2D eigenvalue weighted by atomic mass is 10.0. The number of aliphatic hydroxyl groups is 2. The molecule has 0 saturated heterocycles. The second-order valence-electron chi connectivity index (χ2n) is 24.9. The van der Waals surface area contributed by atoms with E-state index < -0.39 is 12.1 Å². The Bertz CT molecular complexity index is 1120. The Labute approximate surface area is 483 Å². The molecule has 0 aliphatic rings. The molecule has 0 spiro atoms. The van der Waals surface area contributed by atoms with Crippen LogP contribution >= 0.6 is 0 Å². The summed E-state index contributed by atoms with van der Waals surface area (Å²) in [5, 5.41) is 23.4. The van der Waals surface area contributed by atoms with Gasteiger partial charge in [-0.15, -0.1) is 0 Å². The van der Waals surface area contributed by atoms with Crippen LogP contribution in [0.4, 0.5) is 0 Å². The maximum Gasteiger partial charge on any atom is 0.305 e. The summed E-state index contributed by atoms with van der Waals surface area (Å²) in [4.78, 5) is 24.6. The molecule has 0 rings (SSSR count). The van der Waals surface area contributed by atoms with Crippen LogP contribution in [0.15, 0.2) is 0 Å². The summed E-state index contributed by atoms with van der Waals surface area (Å²) in [6.45, 7) is 5.00. The maximum absolute atomic E-state index is 12.5. The normalized spacial score (nSPS) is 12.4. The van der Waals surface area contributed by atoms with E-state index in [-0.39, 0.29) is 18.5 Å². The fraction of sp³-hybridized carbons (Fsp3) is 0.972. The number of nitrogens with one attached hydrogen (secondary N) is 1. The van der Waals surface area contributed by atoms with E-state index in [0.29, 0.717) is 25.9 Å². The van der Waals surface area contributed by atoms with Crippen LogP contribution in [0.2, 0.25) is 0 Å². The number of aliphatic hydroxyl groups excluding tert-OH is 2. The van der Waals surface area contributed by atoms with E-state index in [9.17, 15) is 19.8 Å². The van der Waals surface area contributed by atoms with E-state index in [1.165, 1.54) is 347 Å². The van der Waals surface area contributed by atoms with Gasteiger partial charge >= 0.3 is 5.97 Å². The average molecular weight is 1090 g/mol. The Morgan fingerprint density at radius 3 is 0.792 bits per heavy atom. The number of carbonyl (C=O) groups excluding carboxylic acids is 2. The van der Waals surface area contributed by atoms with Crippen molar-refractivity contribution < 1.29 is 24.5 Å². The number of amides is 1. The summed E-state index contributed by atoms with van der Waals surface area (Å²) in [6, 6.07) is -0.537. The van der Waals surface area contributed by atoms with E-state index in [1.54, 1.807) is 0 Å². The number of unbranched alkanes of at least 4 members (excludes halogenated alkanes) is 57. The first-order valence-corrected chi connectivity index (χ1v) is 35.8. The molecule has 460 valence electrons. The highest BCUT2D eigenvalue weighted by atomic mass is 16.5. The quantitative estimate of drug-likeness (QED) is 0.0417. The van der Waals surface area contributed by atoms with Crippen LogP contribution < -0.4 is 5.32 Å². The average Bonchev–Trinajstić information content (AvgIpc) is 3.43. The van der Waals surface area contributed by atoms with Crippen molar-refractivity contribution in [3.63, 3.8) is 0 Å². The van der Waals surface area contributed by atoms with Crippen molar-refractivity contribution in [3.05, 3.63) is 0 Å². The number of hydrogen-bond acceptors (Lipinski definition) is 5. The lowest BCUT2D eigenvalue weighted by molar-refractivity contribution is -0.143. The summed E-state index contributed by atoms with van der Waals surface area (Å²) in [7, 11) is 0. The second-order valence-corrected chi connectivity index (χ2v) is 24.9. The molecule has 0 aromatic heterocycles. The fourth-order valence-corrected chi connectivity index (χ4v) is 11.7. The van der Waals surface area contributed by atoms with Gasteiger partial charge in [-0.1, -0.05) is 380 Å². The van der Waals surface area contributed by atoms with Gasteiger partial charge in [-0.2, -0.15) is 0 Å². The van der Waals surface area contributed by atoms with Crippen molar-refractivity contribution in [2.24, 2.45) is 0 Å². The molecule has 6 heteroatoms. The molecular formula is C71H141NO5. The van der Waals surface area contributed by atoms with Gasteiger partial charge in [0.05, 0.1) is 25.4 Å². The number of carbonyl (C=O) groups is 2. The molecule has 0 aliphatic heterocycles. The monoisotopic (exact) mass is 1090 g/mol. The Morgan fingerprint density at radius 1 is 0.312 bits per heavy atom. The molecule has 0 saturated carbocycles. The number of rotatable bonds is 68. The van der Waals surface area contributed by atoms with Crippen molar-refractivity contribution in [1.82, 2.24) is 5.32 Å². The number of hydrogen-bond donors (Lipinski definition) is 3. The second kappa shape index (κ2) is 67.4. The molecule has 77 heavy (non-hydrogen) atoms. The highest BCUT2D eigenvalue weighted by Crippen LogP contribution is 2.20. The molecule has 1 amide bonds. The van der Waals surface area contributed by atoms with Crippen molar-refractivity contribution in [1.29, 1.82) is 0 Å². The van der Waals surface area contributed by atoms with Crippen LogP contribution in [0.25, 0.3) is 0 Å². The third kappa shape index (κ3) is 63.9. The van der Waals surface area contributed by atoms with Crippen LogP contribution in [0.3, 0.4) is 0 Å². The lowest BCUT2D eigenvalue weighted by Gasteiger charge is -2.22. The molecular weight excluding hydrogens is 947 g/mol. The summed E-state index contributed by atoms with van der Waals surface area (Å²) >= 11 is 0. The first-order chi connectivity index (χ1) is 38.0. The first-order valence-electron chi connectivity index (χ1n) is 35.8. The van der Waals surface area contributed by atoms with Crippen molar-refractivity contribution in [2.45, 2.75) is 431 Å². The van der Waals surface area contributed by atoms with E-state index >= 15 is 0 Å². The maximum atomic E-state index is 12.5. The van der Waals surface area contributed by atoms with E-state index in [1.807, 2.05) is 0 Å². The van der Waals surface area contributed by atoms with Crippen LogP contribution in [-0.4, -0.2) is 47.4 Å². The number of esters is 1. The van der Waals surface area contributed by atoms with E-state index in [0.717, 1.165) is 38.5 Å². The third-order valence-electron chi connectivity index (χ3n) is 17.2. The van der Waals surface area contributed by atoms with Gasteiger partial charge in [0.2, 0.25) is 5.91 Å². The molecule has 6 nitrogen and oxygen atoms in total. The predicted octanol–water partition coefficient (Wildman–Crippen LogP) is 23.0. The molecule has 0 radical (unpaired) electrons. The first kappa shape index (κ1) is 75.9. The van der Waals surface area contributed by atoms with Gasteiger partial charge in [0.1, 0.15) is 0 Å². The molecule has 2 atom stereocenters. The van der Waals surface area contributed by atoms with Gasteiger partial charge < -0.3 is 20.3 Å². The zero-order valence-electron chi connectivity index (χ0n) is 52.7. The highest BCUT2D eigenvalue weighted by molar-refractivity contribution is 5.76. The minimum Gasteiger partial charge on any atom is -0.466 e. The van der Waals surface area contributed by atoms with E-state index in [4.69, 9.17) is 4.74 Å². The smallest absolute Gasteiger partial charge is 0.305 e. The van der Waals surface area contributed by atoms with Gasteiger partial charge in [0.15, 0.2) is 0 Å². The predicted molar refractivity (Wildman–Crippen MR) is 338 cm³/mol. The fourth-order valence-electron chi connectivity index (χ4n) is 11.7. The molecule has 0 aliphatic carbocycles. The Balaban J connectivity index is 3.31. The molecule has 0 fully saturated rings. The Morgan fingerprint density at radius 2 is 0.532 bits per heavy atom. The van der Waals surface area contributed by atoms with Gasteiger partial charge in [0, 0.05) is 12.8 Å². The summed E-state index contributed by atoms with van der Waals surface area (Å²) in [6.07, 6.45) is 81.6. The number of ether oxygens (including phenoxy) is 1. The van der Waals surface area contributed by atoms with Crippen molar-refractivity contribution in [3.8, 4) is 0 Å². The largest absolute Gasteiger partial charge is 0.466 e. The Kier molecular flexibility index (Phi) is 66.4. The van der Waals surface area contributed by atoms with Crippen molar-refractivity contribution >= 4 is 11.9 Å². The standard InChI is InChI=1S/C71H141NO5/c1-3-5-7-9-11-13-15-17-18-36-40-43-47-51-55-59-63-69(74)68(67-73)72-70(75)64-60-56-52-48-44-41-37-34-32-30-28-26-24-22-20-19-21-23-25-27-29-31-33-35-38-42-46-50-54-58-62-66-77-71(76)65-61-57-53-49-45-39-16-14-12-10-8-6-4-2/h68-69,73-74H,3-67H2,1-2H3,(H,72,75). The summed E-state index contributed by atoms with van der Waals surface area (Å²) in [5.74, 6) is -0.00316. The van der Waals surface area contributed by atoms with Crippen molar-refractivity contribution in [2.75, 3.05) is 13.2 Å². The minimum absolute atomic E-state index is 0.0234. The van der Waals surface area contributed by atoms with Crippen LogP contribution in [0.5, 0.6) is 0 Å². The molecule has 0 aromatic carbocycles. The SMILES string of the molecule is CCCCCCCCCCCCCCCCCCC(O)C(CO)NC(=O)CCCCCCCCCCCCCCCCCCCCCCCCCCCCCCCCCOC(=O)CCCCCCCCCCCCCCC. The van der Waals surface area contributed by atoms with E-state index in [2.05, 4.69) is 19.2 Å². The third-order valence-corrected chi connectivity index (χ3v) is 17.2. The zero-order chi connectivity index (χ0) is 55.7. The van der Waals surface area contributed by atoms with Gasteiger partial charge in [-0.25, -0.2) is 0 Å². The molecule has 0 heterocycles. The topological polar surface area (TPSA) is 95.9 Å². The van der Waals surface area contributed by atoms with Gasteiger partial charge in [0.25, 0.3) is 0 Å².